The second kappa shape index (κ2) is 5.01. The van der Waals surface area contributed by atoms with Crippen LogP contribution in [-0.4, -0.2) is 66.4 Å². The minimum absolute atomic E-state index is 0.516. The van der Waals surface area contributed by atoms with Gasteiger partial charge in [0.2, 0.25) is 0 Å². The molecular weight excluding hydrogens is 208 g/mol. The number of nitrogens with zero attached hydrogens (tertiary/aromatic N) is 2. The summed E-state index contributed by atoms with van der Waals surface area (Å²) in [7, 11) is 2.14. The zero-order valence-electron chi connectivity index (χ0n) is 9.76. The van der Waals surface area contributed by atoms with Crippen molar-refractivity contribution in [1.29, 1.82) is 0 Å². The molecule has 0 aromatic heterocycles. The van der Waals surface area contributed by atoms with E-state index in [1.54, 1.807) is 0 Å². The molecule has 1 unspecified atom stereocenters. The van der Waals surface area contributed by atoms with E-state index in [-0.39, 0.29) is 0 Å². The molecule has 2 heterocycles. The van der Waals surface area contributed by atoms with Crippen molar-refractivity contribution in [1.82, 2.24) is 9.80 Å². The van der Waals surface area contributed by atoms with Gasteiger partial charge < -0.3 is 14.7 Å². The number of hydrogen-bond donors (Lipinski definition) is 1. The van der Waals surface area contributed by atoms with E-state index in [1.165, 1.54) is 4.90 Å². The molecule has 1 N–H and O–H groups in total. The highest BCUT2D eigenvalue weighted by Gasteiger charge is 2.30. The van der Waals surface area contributed by atoms with Gasteiger partial charge in [-0.3, -0.25) is 4.90 Å². The maximum Gasteiger partial charge on any atom is 0.407 e. The van der Waals surface area contributed by atoms with Gasteiger partial charge in [-0.05, 0) is 26.3 Å². The Bertz CT molecular complexity index is 246. The van der Waals surface area contributed by atoms with Gasteiger partial charge in [0.25, 0.3) is 0 Å². The van der Waals surface area contributed by atoms with E-state index in [2.05, 4.69) is 11.9 Å². The van der Waals surface area contributed by atoms with Crippen LogP contribution in [0.15, 0.2) is 0 Å². The first-order chi connectivity index (χ1) is 7.68. The zero-order chi connectivity index (χ0) is 11.5. The van der Waals surface area contributed by atoms with Crippen LogP contribution in [0, 0.1) is 0 Å². The third kappa shape index (κ3) is 2.47. The predicted molar refractivity (Wildman–Crippen MR) is 59.6 cm³/mol. The third-order valence-corrected chi connectivity index (χ3v) is 3.79. The van der Waals surface area contributed by atoms with Crippen LogP contribution in [0.4, 0.5) is 4.79 Å². The van der Waals surface area contributed by atoms with Gasteiger partial charge in [0.05, 0.1) is 6.61 Å². The molecule has 5 nitrogen and oxygen atoms in total. The summed E-state index contributed by atoms with van der Waals surface area (Å²) in [5, 5.41) is 8.87. The SMILES string of the molecule is CN(C1CCN(C(=O)O)CC1)C1CCOC1. The molecule has 16 heavy (non-hydrogen) atoms. The summed E-state index contributed by atoms with van der Waals surface area (Å²) in [6, 6.07) is 1.05. The van der Waals surface area contributed by atoms with E-state index in [4.69, 9.17) is 9.84 Å². The van der Waals surface area contributed by atoms with Crippen LogP contribution >= 0.6 is 0 Å². The van der Waals surface area contributed by atoms with Crippen molar-refractivity contribution in [2.75, 3.05) is 33.4 Å². The Balaban J connectivity index is 1.81. The van der Waals surface area contributed by atoms with E-state index in [9.17, 15) is 4.79 Å². The highest BCUT2D eigenvalue weighted by atomic mass is 16.5. The Kier molecular flexibility index (Phi) is 3.66. The number of rotatable bonds is 2. The van der Waals surface area contributed by atoms with Crippen LogP contribution in [0.3, 0.4) is 0 Å². The lowest BCUT2D eigenvalue weighted by Gasteiger charge is -2.38. The Hall–Kier alpha value is -0.810. The Morgan fingerprint density at radius 1 is 1.31 bits per heavy atom. The highest BCUT2D eigenvalue weighted by Crippen LogP contribution is 2.21. The average molecular weight is 228 g/mol. The van der Waals surface area contributed by atoms with Crippen LogP contribution in [-0.2, 0) is 4.74 Å². The summed E-state index contributed by atoms with van der Waals surface area (Å²) in [4.78, 5) is 14.7. The molecular formula is C11H20N2O3. The lowest BCUT2D eigenvalue weighted by Crippen LogP contribution is -2.48. The molecule has 0 saturated carbocycles. The monoisotopic (exact) mass is 228 g/mol. The first-order valence-electron chi connectivity index (χ1n) is 5.96. The van der Waals surface area contributed by atoms with Crippen molar-refractivity contribution in [3.8, 4) is 0 Å². The van der Waals surface area contributed by atoms with Crippen LogP contribution < -0.4 is 0 Å². The molecule has 0 aromatic rings. The molecule has 2 fully saturated rings. The van der Waals surface area contributed by atoms with Gasteiger partial charge in [0, 0.05) is 31.8 Å². The summed E-state index contributed by atoms with van der Waals surface area (Å²) in [6.45, 7) is 3.02. The number of carbonyl (C=O) groups is 1. The van der Waals surface area contributed by atoms with Gasteiger partial charge in [-0.2, -0.15) is 0 Å². The third-order valence-electron chi connectivity index (χ3n) is 3.79. The number of likely N-dealkylation sites (N-methyl/N-ethyl adjacent to an activating group) is 1. The van der Waals surface area contributed by atoms with Crippen molar-refractivity contribution in [2.24, 2.45) is 0 Å². The van der Waals surface area contributed by atoms with Gasteiger partial charge in [0.15, 0.2) is 0 Å². The first-order valence-corrected chi connectivity index (χ1v) is 5.96. The molecule has 0 spiro atoms. The molecule has 2 saturated heterocycles. The average Bonchev–Trinajstić information content (AvgIpc) is 2.81. The summed E-state index contributed by atoms with van der Waals surface area (Å²) in [5.74, 6) is 0. The van der Waals surface area contributed by atoms with Crippen molar-refractivity contribution >= 4 is 6.09 Å². The largest absolute Gasteiger partial charge is 0.465 e. The molecule has 92 valence electrons. The Labute approximate surface area is 96.0 Å². The van der Waals surface area contributed by atoms with Gasteiger partial charge >= 0.3 is 6.09 Å². The number of carboxylic acid groups (broad SMARTS) is 1. The van der Waals surface area contributed by atoms with Crippen molar-refractivity contribution in [2.45, 2.75) is 31.3 Å². The molecule has 0 aliphatic carbocycles. The van der Waals surface area contributed by atoms with E-state index in [0.717, 1.165) is 32.5 Å². The smallest absolute Gasteiger partial charge is 0.407 e. The summed E-state index contributed by atoms with van der Waals surface area (Å²) in [6.07, 6.45) is 2.21. The Morgan fingerprint density at radius 2 is 2.00 bits per heavy atom. The van der Waals surface area contributed by atoms with Crippen molar-refractivity contribution in [3.63, 3.8) is 0 Å². The molecule has 2 aliphatic heterocycles. The number of likely N-dealkylation sites (tertiary alicyclic amines) is 1. The lowest BCUT2D eigenvalue weighted by molar-refractivity contribution is 0.0801. The van der Waals surface area contributed by atoms with Gasteiger partial charge in [0.1, 0.15) is 0 Å². The highest BCUT2D eigenvalue weighted by molar-refractivity contribution is 5.65. The van der Waals surface area contributed by atoms with Gasteiger partial charge in [-0.1, -0.05) is 0 Å². The van der Waals surface area contributed by atoms with E-state index in [0.29, 0.717) is 25.2 Å². The van der Waals surface area contributed by atoms with Crippen LogP contribution in [0.25, 0.3) is 0 Å². The topological polar surface area (TPSA) is 53.0 Å². The van der Waals surface area contributed by atoms with Crippen LogP contribution in [0.5, 0.6) is 0 Å². The number of hydrogen-bond acceptors (Lipinski definition) is 3. The normalized spacial score (nSPS) is 27.6. The first kappa shape index (κ1) is 11.7. The summed E-state index contributed by atoms with van der Waals surface area (Å²) < 4.78 is 5.38. The van der Waals surface area contributed by atoms with E-state index >= 15 is 0 Å². The second-order valence-corrected chi connectivity index (χ2v) is 4.68. The van der Waals surface area contributed by atoms with Crippen LogP contribution in [0.1, 0.15) is 19.3 Å². The standard InChI is InChI=1S/C11H20N2O3/c1-12(10-4-7-16-8-10)9-2-5-13(6-3-9)11(14)15/h9-10H,2-8H2,1H3,(H,14,15). The van der Waals surface area contributed by atoms with Crippen molar-refractivity contribution in [3.05, 3.63) is 0 Å². The minimum atomic E-state index is -0.787. The number of ether oxygens (including phenoxy) is 1. The number of piperidine rings is 1. The molecule has 2 aliphatic rings. The molecule has 0 bridgehead atoms. The molecule has 5 heteroatoms. The fraction of sp³-hybridized carbons (Fsp3) is 0.909. The van der Waals surface area contributed by atoms with Gasteiger partial charge in [-0.25, -0.2) is 4.79 Å². The lowest BCUT2D eigenvalue weighted by atomic mass is 10.0. The maximum absolute atomic E-state index is 10.8. The minimum Gasteiger partial charge on any atom is -0.465 e. The molecule has 0 aromatic carbocycles. The summed E-state index contributed by atoms with van der Waals surface area (Å²) in [5.41, 5.74) is 0. The predicted octanol–water partition coefficient (Wildman–Crippen LogP) is 0.850. The molecule has 1 amide bonds. The molecule has 2 rings (SSSR count). The molecule has 0 radical (unpaired) electrons. The zero-order valence-corrected chi connectivity index (χ0v) is 9.76. The fourth-order valence-corrected chi connectivity index (χ4v) is 2.61. The fourth-order valence-electron chi connectivity index (χ4n) is 2.61. The maximum atomic E-state index is 10.8. The Morgan fingerprint density at radius 3 is 2.50 bits per heavy atom. The molecule has 1 atom stereocenters. The quantitative estimate of drug-likeness (QED) is 0.761. The second-order valence-electron chi connectivity index (χ2n) is 4.68. The van der Waals surface area contributed by atoms with Crippen molar-refractivity contribution < 1.29 is 14.6 Å². The summed E-state index contributed by atoms with van der Waals surface area (Å²) >= 11 is 0. The van der Waals surface area contributed by atoms with E-state index in [1.807, 2.05) is 0 Å². The van der Waals surface area contributed by atoms with Crippen LogP contribution in [0.2, 0.25) is 0 Å². The number of amides is 1. The van der Waals surface area contributed by atoms with E-state index < -0.39 is 6.09 Å². The van der Waals surface area contributed by atoms with Gasteiger partial charge in [-0.15, -0.1) is 0 Å².